The summed E-state index contributed by atoms with van der Waals surface area (Å²) in [5.74, 6) is -2.71. The highest BCUT2D eigenvalue weighted by Gasteiger charge is 2.35. The lowest BCUT2D eigenvalue weighted by atomic mass is 9.84. The van der Waals surface area contributed by atoms with Crippen LogP contribution in [0.5, 0.6) is 0 Å². The molecule has 2 amide bonds. The van der Waals surface area contributed by atoms with E-state index in [1.807, 2.05) is 11.5 Å². The van der Waals surface area contributed by atoms with Crippen molar-refractivity contribution in [1.29, 1.82) is 5.26 Å². The predicted octanol–water partition coefficient (Wildman–Crippen LogP) is 2.82. The molecule has 0 spiro atoms. The number of hydrazone groups is 1. The number of hydrogen-bond acceptors (Lipinski definition) is 5. The topological polar surface area (TPSA) is 118 Å². The molecule has 0 radical (unpaired) electrons. The number of nitrogens with one attached hydrogen (secondary N) is 1. The second kappa shape index (κ2) is 9.11. The molecule has 0 aliphatic heterocycles. The van der Waals surface area contributed by atoms with E-state index in [0.717, 1.165) is 0 Å². The Morgan fingerprint density at radius 1 is 1.46 bits per heavy atom. The second-order valence-corrected chi connectivity index (χ2v) is 5.58. The molecule has 3 N–H and O–H groups in total. The molecule has 2 unspecified atom stereocenters. The Hall–Kier alpha value is -2.30. The van der Waals surface area contributed by atoms with Crippen LogP contribution in [-0.4, -0.2) is 24.3 Å². The molecular weight excluding hydrogens is 355 g/mol. The summed E-state index contributed by atoms with van der Waals surface area (Å²) in [5, 5.41) is 13.9. The van der Waals surface area contributed by atoms with Crippen LogP contribution in [0.15, 0.2) is 23.3 Å². The number of amides is 2. The average molecular weight is 371 g/mol. The summed E-state index contributed by atoms with van der Waals surface area (Å²) in [5.41, 5.74) is 7.55. The van der Waals surface area contributed by atoms with Crippen molar-refractivity contribution >= 4 is 40.9 Å². The molecule has 0 saturated carbocycles. The lowest BCUT2D eigenvalue weighted by Gasteiger charge is -2.21. The number of carbonyl (C=O) groups is 2. The number of primary amides is 1. The number of esters is 1. The second-order valence-electron chi connectivity index (χ2n) is 4.73. The highest BCUT2D eigenvalue weighted by atomic mass is 35.5. The first-order valence-corrected chi connectivity index (χ1v) is 7.68. The predicted molar refractivity (Wildman–Crippen MR) is 90.8 cm³/mol. The van der Waals surface area contributed by atoms with Gasteiger partial charge >= 0.3 is 12.0 Å². The molecule has 0 heterocycles. The number of nitrogens with zero attached hydrogens (tertiary/aromatic N) is 2. The molecule has 0 aliphatic rings. The summed E-state index contributed by atoms with van der Waals surface area (Å²) in [6.07, 6.45) is 0. The summed E-state index contributed by atoms with van der Waals surface area (Å²) in [6.45, 7) is 3.24. The van der Waals surface area contributed by atoms with E-state index < -0.39 is 23.8 Å². The Kier molecular flexibility index (Phi) is 7.49. The van der Waals surface area contributed by atoms with Crippen LogP contribution in [0.2, 0.25) is 10.0 Å². The number of benzene rings is 1. The largest absolute Gasteiger partial charge is 0.465 e. The SMILES string of the molecule is CCOC(=O)C(/C(C)=N/NC(N)=O)C(C#N)c1ccc(Cl)cc1Cl. The zero-order chi connectivity index (χ0) is 18.3. The smallest absolute Gasteiger partial charge is 0.332 e. The number of nitriles is 1. The van der Waals surface area contributed by atoms with Crippen LogP contribution in [0.1, 0.15) is 25.3 Å². The zero-order valence-corrected chi connectivity index (χ0v) is 14.6. The van der Waals surface area contributed by atoms with Gasteiger partial charge in [0.2, 0.25) is 0 Å². The number of halogens is 2. The number of urea groups is 1. The van der Waals surface area contributed by atoms with E-state index in [-0.39, 0.29) is 17.3 Å². The number of ether oxygens (including phenoxy) is 1. The van der Waals surface area contributed by atoms with Crippen molar-refractivity contribution in [3.05, 3.63) is 33.8 Å². The van der Waals surface area contributed by atoms with Gasteiger partial charge in [0.15, 0.2) is 0 Å². The number of carbonyl (C=O) groups excluding carboxylic acids is 2. The standard InChI is InChI=1S/C15H16Cl2N4O3/c1-3-24-14(22)13(8(2)20-21-15(19)23)11(7-18)10-5-4-9(16)6-12(10)17/h4-6,11,13H,3H2,1-2H3,(H3,19,21,23)/b20-8+. The summed E-state index contributed by atoms with van der Waals surface area (Å²) < 4.78 is 5.02. The number of rotatable bonds is 6. The minimum atomic E-state index is -1.07. The molecule has 1 rings (SSSR count). The molecule has 128 valence electrons. The fourth-order valence-corrected chi connectivity index (χ4v) is 2.60. The van der Waals surface area contributed by atoms with E-state index in [4.69, 9.17) is 33.7 Å². The lowest BCUT2D eigenvalue weighted by molar-refractivity contribution is -0.145. The molecule has 0 bridgehead atoms. The van der Waals surface area contributed by atoms with E-state index >= 15 is 0 Å². The third-order valence-electron chi connectivity index (χ3n) is 3.10. The first-order chi connectivity index (χ1) is 11.3. The van der Waals surface area contributed by atoms with Crippen molar-refractivity contribution < 1.29 is 14.3 Å². The summed E-state index contributed by atoms with van der Waals surface area (Å²) in [7, 11) is 0. The summed E-state index contributed by atoms with van der Waals surface area (Å²) in [6, 6.07) is 5.73. The van der Waals surface area contributed by atoms with Crippen molar-refractivity contribution in [2.45, 2.75) is 19.8 Å². The third-order valence-corrected chi connectivity index (χ3v) is 3.67. The normalized spacial score (nSPS) is 13.5. The van der Waals surface area contributed by atoms with E-state index in [9.17, 15) is 14.9 Å². The van der Waals surface area contributed by atoms with Gasteiger partial charge in [0, 0.05) is 10.0 Å². The lowest BCUT2D eigenvalue weighted by Crippen LogP contribution is -2.33. The molecule has 24 heavy (non-hydrogen) atoms. The number of hydrogen-bond donors (Lipinski definition) is 2. The van der Waals surface area contributed by atoms with Crippen LogP contribution in [0.4, 0.5) is 4.79 Å². The molecule has 0 saturated heterocycles. The molecule has 0 aromatic heterocycles. The maximum atomic E-state index is 12.3. The van der Waals surface area contributed by atoms with Gasteiger partial charge in [-0.3, -0.25) is 4.79 Å². The minimum absolute atomic E-state index is 0.123. The molecule has 9 heteroatoms. The fourth-order valence-electron chi connectivity index (χ4n) is 2.07. The molecule has 1 aromatic rings. The third kappa shape index (κ3) is 5.11. The monoisotopic (exact) mass is 370 g/mol. The number of nitrogens with two attached hydrogens (primary N) is 1. The van der Waals surface area contributed by atoms with Gasteiger partial charge < -0.3 is 10.5 Å². The van der Waals surface area contributed by atoms with Gasteiger partial charge in [-0.15, -0.1) is 0 Å². The summed E-state index contributed by atoms with van der Waals surface area (Å²) >= 11 is 12.0. The zero-order valence-electron chi connectivity index (χ0n) is 13.0. The molecular formula is C15H16Cl2N4O3. The first-order valence-electron chi connectivity index (χ1n) is 6.92. The van der Waals surface area contributed by atoms with Crippen molar-refractivity contribution in [3.8, 4) is 6.07 Å². The van der Waals surface area contributed by atoms with Crippen LogP contribution < -0.4 is 11.2 Å². The van der Waals surface area contributed by atoms with E-state index in [1.54, 1.807) is 19.1 Å². The Bertz CT molecular complexity index is 700. The van der Waals surface area contributed by atoms with E-state index in [1.165, 1.54) is 13.0 Å². The summed E-state index contributed by atoms with van der Waals surface area (Å²) in [4.78, 5) is 23.1. The van der Waals surface area contributed by atoms with Crippen LogP contribution in [0, 0.1) is 17.2 Å². The van der Waals surface area contributed by atoms with Gasteiger partial charge in [-0.2, -0.15) is 10.4 Å². The van der Waals surface area contributed by atoms with Gasteiger partial charge in [-0.1, -0.05) is 29.3 Å². The van der Waals surface area contributed by atoms with Gasteiger partial charge in [0.25, 0.3) is 0 Å². The highest BCUT2D eigenvalue weighted by Crippen LogP contribution is 2.33. The van der Waals surface area contributed by atoms with Gasteiger partial charge in [-0.05, 0) is 31.5 Å². The molecule has 7 nitrogen and oxygen atoms in total. The maximum absolute atomic E-state index is 12.3. The Morgan fingerprint density at radius 3 is 2.62 bits per heavy atom. The van der Waals surface area contributed by atoms with E-state index in [2.05, 4.69) is 5.10 Å². The van der Waals surface area contributed by atoms with Crippen LogP contribution in [0.3, 0.4) is 0 Å². The minimum Gasteiger partial charge on any atom is -0.465 e. The Balaban J connectivity index is 3.33. The van der Waals surface area contributed by atoms with Crippen molar-refractivity contribution in [1.82, 2.24) is 5.43 Å². The van der Waals surface area contributed by atoms with Crippen molar-refractivity contribution in [3.63, 3.8) is 0 Å². The molecule has 2 atom stereocenters. The Labute approximate surface area is 149 Å². The van der Waals surface area contributed by atoms with Crippen LogP contribution in [0.25, 0.3) is 0 Å². The van der Waals surface area contributed by atoms with Crippen molar-refractivity contribution in [2.24, 2.45) is 16.8 Å². The van der Waals surface area contributed by atoms with Gasteiger partial charge in [0.05, 0.1) is 24.3 Å². The highest BCUT2D eigenvalue weighted by molar-refractivity contribution is 6.35. The Morgan fingerprint density at radius 2 is 2.12 bits per heavy atom. The van der Waals surface area contributed by atoms with Gasteiger partial charge in [-0.25, -0.2) is 10.2 Å². The molecule has 0 aliphatic carbocycles. The fraction of sp³-hybridized carbons (Fsp3) is 0.333. The van der Waals surface area contributed by atoms with Crippen molar-refractivity contribution in [2.75, 3.05) is 6.61 Å². The van der Waals surface area contributed by atoms with Crippen LogP contribution >= 0.6 is 23.2 Å². The molecule has 1 aromatic carbocycles. The van der Waals surface area contributed by atoms with Gasteiger partial charge in [0.1, 0.15) is 5.92 Å². The molecule has 0 fully saturated rings. The average Bonchev–Trinajstić information content (AvgIpc) is 2.51. The quantitative estimate of drug-likeness (QED) is 0.454. The maximum Gasteiger partial charge on any atom is 0.332 e. The van der Waals surface area contributed by atoms with Crippen LogP contribution in [-0.2, 0) is 9.53 Å². The first kappa shape index (κ1) is 19.7. The van der Waals surface area contributed by atoms with E-state index in [0.29, 0.717) is 10.6 Å².